The smallest absolute Gasteiger partial charge is 0.214 e. The third-order valence-corrected chi connectivity index (χ3v) is 9.73. The van der Waals surface area contributed by atoms with Crippen molar-refractivity contribution in [1.29, 1.82) is 0 Å². The second-order valence-electron chi connectivity index (χ2n) is 9.93. The lowest BCUT2D eigenvalue weighted by Crippen LogP contribution is -2.61. The molecule has 3 fully saturated rings. The fourth-order valence-corrected chi connectivity index (χ4v) is 7.73. The largest absolute Gasteiger partial charge is 0.295 e. The minimum atomic E-state index is -3.25. The van der Waals surface area contributed by atoms with Gasteiger partial charge in [0.15, 0.2) is 5.78 Å². The van der Waals surface area contributed by atoms with Crippen LogP contribution in [0.5, 0.6) is 0 Å². The molecule has 1 aliphatic heterocycles. The van der Waals surface area contributed by atoms with Gasteiger partial charge in [-0.05, 0) is 57.1 Å². The highest BCUT2D eigenvalue weighted by Crippen LogP contribution is 2.40. The average molecular weight is 505 g/mol. The Kier molecular flexibility index (Phi) is 8.57. The predicted octanol–water partition coefficient (Wildman–Crippen LogP) is 4.80. The molecule has 0 radical (unpaired) electrons. The Labute approximate surface area is 202 Å². The first-order valence-corrected chi connectivity index (χ1v) is 13.5. The van der Waals surface area contributed by atoms with Crippen molar-refractivity contribution in [2.24, 2.45) is 5.92 Å². The minimum Gasteiger partial charge on any atom is -0.295 e. The molecule has 2 saturated carbocycles. The molecule has 0 bridgehead atoms. The van der Waals surface area contributed by atoms with E-state index in [2.05, 4.69) is 4.90 Å². The number of carbonyl (C=O) groups excluding carboxylic acids is 1. The Bertz CT molecular complexity index is 929. The molecule has 0 N–H and O–H groups in total. The molecule has 0 amide bonds. The Morgan fingerprint density at radius 2 is 1.73 bits per heavy atom. The van der Waals surface area contributed by atoms with E-state index < -0.39 is 33.0 Å². The fraction of sp³-hybridized carbons (Fsp3) is 0.708. The van der Waals surface area contributed by atoms with Gasteiger partial charge in [0.2, 0.25) is 10.0 Å². The first-order chi connectivity index (χ1) is 15.2. The summed E-state index contributed by atoms with van der Waals surface area (Å²) in [4.78, 5) is 15.1. The lowest BCUT2D eigenvalue weighted by molar-refractivity contribution is 0.000801. The highest BCUT2D eigenvalue weighted by atomic mass is 35.5. The highest BCUT2D eigenvalue weighted by molar-refractivity contribution is 7.89. The van der Waals surface area contributed by atoms with Crippen LogP contribution >= 0.6 is 12.4 Å². The van der Waals surface area contributed by atoms with Crippen LogP contribution in [-0.2, 0) is 10.0 Å². The van der Waals surface area contributed by atoms with E-state index in [0.717, 1.165) is 57.1 Å². The summed E-state index contributed by atoms with van der Waals surface area (Å²) in [6, 6.07) is 3.39. The number of ketones is 1. The molecule has 3 aliphatic rings. The maximum Gasteiger partial charge on any atom is 0.214 e. The maximum atomic E-state index is 14.1. The van der Waals surface area contributed by atoms with Crippen molar-refractivity contribution in [3.8, 4) is 0 Å². The monoisotopic (exact) mass is 504 g/mol. The average Bonchev–Trinajstić information content (AvgIpc) is 3.56. The molecule has 1 aromatic carbocycles. The molecule has 0 spiro atoms. The van der Waals surface area contributed by atoms with Gasteiger partial charge in [-0.1, -0.05) is 25.3 Å². The van der Waals surface area contributed by atoms with Crippen molar-refractivity contribution >= 4 is 28.2 Å². The summed E-state index contributed by atoms with van der Waals surface area (Å²) in [7, 11) is -3.25. The molecular formula is C24H35ClF2N2O3S. The zero-order valence-corrected chi connectivity index (χ0v) is 20.9. The summed E-state index contributed by atoms with van der Waals surface area (Å²) in [5.41, 5.74) is -0.654. The number of hydrogen-bond donors (Lipinski definition) is 0. The second-order valence-corrected chi connectivity index (χ2v) is 11.9. The Balaban J connectivity index is 0.00000306. The van der Waals surface area contributed by atoms with E-state index in [9.17, 15) is 22.0 Å². The summed E-state index contributed by atoms with van der Waals surface area (Å²) in [5.74, 6) is -1.54. The quantitative estimate of drug-likeness (QED) is 0.477. The lowest BCUT2D eigenvalue weighted by atomic mass is 9.76. The predicted molar refractivity (Wildman–Crippen MR) is 127 cm³/mol. The van der Waals surface area contributed by atoms with Gasteiger partial charge in [0.25, 0.3) is 0 Å². The van der Waals surface area contributed by atoms with E-state index in [1.807, 2.05) is 6.92 Å². The van der Waals surface area contributed by atoms with Gasteiger partial charge in [0.1, 0.15) is 11.6 Å². The van der Waals surface area contributed by atoms with E-state index in [-0.39, 0.29) is 36.2 Å². The van der Waals surface area contributed by atoms with E-state index in [4.69, 9.17) is 0 Å². The standard InChI is InChI=1S/C24H34F2N2O3S.ClH/c1-18-16-27(14-15-28(18)32(30,31)17-19-8-9-19)24(11-3-2-4-12-24)13-10-22(29)23-20(25)6-5-7-21(23)26;/h5-7,18-19H,2-4,8-17H2,1H3;1H. The fourth-order valence-electron chi connectivity index (χ4n) is 5.63. The number of carbonyl (C=O) groups is 1. The first kappa shape index (κ1) is 26.5. The molecule has 1 unspecified atom stereocenters. The van der Waals surface area contributed by atoms with Crippen molar-refractivity contribution in [3.05, 3.63) is 35.4 Å². The molecule has 33 heavy (non-hydrogen) atoms. The third kappa shape index (κ3) is 5.95. The molecular weight excluding hydrogens is 470 g/mol. The zero-order valence-electron chi connectivity index (χ0n) is 19.3. The normalized spacial score (nSPS) is 24.3. The highest BCUT2D eigenvalue weighted by Gasteiger charge is 2.44. The summed E-state index contributed by atoms with van der Waals surface area (Å²) >= 11 is 0. The van der Waals surface area contributed by atoms with Crippen molar-refractivity contribution < 1.29 is 22.0 Å². The maximum absolute atomic E-state index is 14.1. The molecule has 1 saturated heterocycles. The van der Waals surface area contributed by atoms with Crippen molar-refractivity contribution in [2.45, 2.75) is 76.3 Å². The van der Waals surface area contributed by atoms with Crippen LogP contribution in [0.2, 0.25) is 0 Å². The molecule has 2 aliphatic carbocycles. The number of sulfonamides is 1. The molecule has 186 valence electrons. The number of Topliss-reactive ketones (excluding diaryl/α,β-unsaturated/α-hetero) is 1. The molecule has 1 heterocycles. The summed E-state index contributed by atoms with van der Waals surface area (Å²) in [6.07, 6.45) is 7.76. The second kappa shape index (κ2) is 10.7. The number of rotatable bonds is 8. The van der Waals surface area contributed by atoms with E-state index in [0.29, 0.717) is 32.0 Å². The van der Waals surface area contributed by atoms with Gasteiger partial charge < -0.3 is 0 Å². The Hall–Kier alpha value is -1.09. The van der Waals surface area contributed by atoms with Gasteiger partial charge in [0, 0.05) is 37.6 Å². The molecule has 1 atom stereocenters. The van der Waals surface area contributed by atoms with Crippen LogP contribution in [0.1, 0.15) is 75.1 Å². The van der Waals surface area contributed by atoms with Crippen LogP contribution in [-0.4, -0.2) is 60.4 Å². The van der Waals surface area contributed by atoms with Gasteiger partial charge in [-0.2, -0.15) is 4.31 Å². The van der Waals surface area contributed by atoms with Crippen molar-refractivity contribution in [3.63, 3.8) is 0 Å². The van der Waals surface area contributed by atoms with Crippen LogP contribution in [0.3, 0.4) is 0 Å². The van der Waals surface area contributed by atoms with Crippen LogP contribution in [0, 0.1) is 17.6 Å². The van der Waals surface area contributed by atoms with Crippen LogP contribution in [0.15, 0.2) is 18.2 Å². The lowest BCUT2D eigenvalue weighted by Gasteiger charge is -2.51. The molecule has 1 aromatic rings. The minimum absolute atomic E-state index is 0. The van der Waals surface area contributed by atoms with Crippen LogP contribution < -0.4 is 0 Å². The van der Waals surface area contributed by atoms with E-state index in [1.54, 1.807) is 4.31 Å². The number of piperazine rings is 1. The van der Waals surface area contributed by atoms with Crippen LogP contribution in [0.25, 0.3) is 0 Å². The Morgan fingerprint density at radius 3 is 2.30 bits per heavy atom. The third-order valence-electron chi connectivity index (χ3n) is 7.58. The molecule has 9 heteroatoms. The number of nitrogens with zero attached hydrogens (tertiary/aromatic N) is 2. The van der Waals surface area contributed by atoms with Crippen molar-refractivity contribution in [1.82, 2.24) is 9.21 Å². The summed E-state index contributed by atoms with van der Waals surface area (Å²) < 4.78 is 55.5. The molecule has 0 aromatic heterocycles. The summed E-state index contributed by atoms with van der Waals surface area (Å²) in [5, 5.41) is 0. The van der Waals surface area contributed by atoms with Crippen LogP contribution in [0.4, 0.5) is 8.78 Å². The van der Waals surface area contributed by atoms with Gasteiger partial charge >= 0.3 is 0 Å². The van der Waals surface area contributed by atoms with E-state index >= 15 is 0 Å². The van der Waals surface area contributed by atoms with Gasteiger partial charge in [0.05, 0.1) is 11.3 Å². The van der Waals surface area contributed by atoms with Gasteiger partial charge in [-0.25, -0.2) is 17.2 Å². The topological polar surface area (TPSA) is 57.7 Å². The van der Waals surface area contributed by atoms with Crippen molar-refractivity contribution in [2.75, 3.05) is 25.4 Å². The SMILES string of the molecule is CC1CN(C2(CCC(=O)c3c(F)cccc3F)CCCCC2)CCN1S(=O)(=O)CC1CC1.Cl. The Morgan fingerprint density at radius 1 is 1.09 bits per heavy atom. The molecule has 5 nitrogen and oxygen atoms in total. The van der Waals surface area contributed by atoms with Gasteiger partial charge in [-0.3, -0.25) is 9.69 Å². The number of hydrogen-bond acceptors (Lipinski definition) is 4. The zero-order chi connectivity index (χ0) is 22.9. The van der Waals surface area contributed by atoms with Gasteiger partial charge in [-0.15, -0.1) is 12.4 Å². The van der Waals surface area contributed by atoms with E-state index in [1.165, 1.54) is 6.07 Å². The number of benzene rings is 1. The summed E-state index contributed by atoms with van der Waals surface area (Å²) in [6.45, 7) is 3.70. The first-order valence-electron chi connectivity index (χ1n) is 11.9. The number of halogens is 3. The molecule has 4 rings (SSSR count).